The highest BCUT2D eigenvalue weighted by molar-refractivity contribution is 7.97. The van der Waals surface area contributed by atoms with Gasteiger partial charge in [0.1, 0.15) is 5.82 Å². The van der Waals surface area contributed by atoms with Crippen molar-refractivity contribution in [1.82, 2.24) is 15.3 Å². The first-order chi connectivity index (χ1) is 17.9. The van der Waals surface area contributed by atoms with Crippen molar-refractivity contribution in [3.63, 3.8) is 0 Å². The minimum absolute atomic E-state index is 0.149. The number of ether oxygens (including phenoxy) is 1. The summed E-state index contributed by atoms with van der Waals surface area (Å²) < 4.78 is 57.9. The Morgan fingerprint density at radius 2 is 1.74 bits per heavy atom. The summed E-state index contributed by atoms with van der Waals surface area (Å²) in [6.07, 6.45) is 5.06. The van der Waals surface area contributed by atoms with Crippen molar-refractivity contribution in [2.75, 3.05) is 37.3 Å². The number of alkyl halides is 3. The van der Waals surface area contributed by atoms with Gasteiger partial charge in [-0.3, -0.25) is 4.79 Å². The first kappa shape index (κ1) is 35.2. The molecular weight excluding hydrogens is 550 g/mol. The molecule has 0 radical (unpaired) electrons. The number of carbonyl (C=O) groups is 2. The van der Waals surface area contributed by atoms with E-state index in [9.17, 15) is 27.2 Å². The van der Waals surface area contributed by atoms with E-state index in [-0.39, 0.29) is 5.56 Å². The van der Waals surface area contributed by atoms with E-state index in [1.54, 1.807) is 30.2 Å². The number of amides is 2. The van der Waals surface area contributed by atoms with Gasteiger partial charge in [0, 0.05) is 43.6 Å². The van der Waals surface area contributed by atoms with Gasteiger partial charge in [0.15, 0.2) is 0 Å². The largest absolute Gasteiger partial charge is 0.419 e. The fourth-order valence-corrected chi connectivity index (χ4v) is 2.69. The van der Waals surface area contributed by atoms with Gasteiger partial charge in [-0.1, -0.05) is 0 Å². The number of benzene rings is 1. The van der Waals surface area contributed by atoms with Crippen LogP contribution < -0.4 is 16.4 Å². The lowest BCUT2D eigenvalue weighted by molar-refractivity contribution is -0.138. The molecule has 9 nitrogen and oxygen atoms in total. The van der Waals surface area contributed by atoms with Crippen molar-refractivity contribution in [2.45, 2.75) is 38.4 Å². The summed E-state index contributed by atoms with van der Waals surface area (Å²) in [5.41, 5.74) is 5.29. The van der Waals surface area contributed by atoms with Crippen LogP contribution in [0.3, 0.4) is 0 Å². The van der Waals surface area contributed by atoms with E-state index in [0.717, 1.165) is 31.3 Å². The summed E-state index contributed by atoms with van der Waals surface area (Å²) >= 11 is 2.53. The summed E-state index contributed by atoms with van der Waals surface area (Å²) in [5.74, 6) is -1.14. The topological polar surface area (TPSA) is 128 Å². The predicted octanol–water partition coefficient (Wildman–Crippen LogP) is 5.57. The van der Waals surface area contributed by atoms with Gasteiger partial charge in [0.25, 0.3) is 5.91 Å². The average Bonchev–Trinajstić information content (AvgIpc) is 3.40. The third-order valence-electron chi connectivity index (χ3n) is 3.94. The van der Waals surface area contributed by atoms with Crippen LogP contribution in [0.1, 0.15) is 36.5 Å². The monoisotopic (exact) mass is 583 g/mol. The van der Waals surface area contributed by atoms with Crippen LogP contribution in [0.15, 0.2) is 36.7 Å². The lowest BCUT2D eigenvalue weighted by atomic mass is 10.2. The maximum Gasteiger partial charge on any atom is 0.419 e. The van der Waals surface area contributed by atoms with Crippen LogP contribution in [0.2, 0.25) is 0 Å². The van der Waals surface area contributed by atoms with Gasteiger partial charge in [-0.2, -0.15) is 24.9 Å². The Morgan fingerprint density at radius 1 is 1.16 bits per heavy atom. The molecule has 1 aromatic carbocycles. The number of carbonyl (C=O) groups excluding carboxylic acids is 2. The average molecular weight is 584 g/mol. The van der Waals surface area contributed by atoms with E-state index < -0.39 is 36.5 Å². The quantitative estimate of drug-likeness (QED) is 0.295. The van der Waals surface area contributed by atoms with Gasteiger partial charge in [0.05, 0.1) is 24.0 Å². The maximum atomic E-state index is 13.4. The standard InChI is InChI=1S/C11H9FN4O.C6H10F3NO2S.C4H8O.C2H6S/c12-9-6-7(2-3-8(9)10(13)17)16-11-14-4-1-5-15-11;1-4(3-6(7,8)9)10-5(11)12-13-2;1-2-4-5-3-1;1-3-2/h1-6H,(H2,13,17)(H,14,15,16);4H,3H2,1-2H3,(H,10,11);1-4H2;1-2H3/t;4-;;/m.0../s1. The normalized spacial score (nSPS) is 12.7. The van der Waals surface area contributed by atoms with Gasteiger partial charge in [-0.05, 0) is 56.5 Å². The third-order valence-corrected chi connectivity index (χ3v) is 4.26. The number of nitrogens with one attached hydrogen (secondary N) is 2. The van der Waals surface area contributed by atoms with Gasteiger partial charge in [-0.15, -0.1) is 0 Å². The molecule has 1 saturated heterocycles. The molecule has 38 heavy (non-hydrogen) atoms. The van der Waals surface area contributed by atoms with Crippen molar-refractivity contribution in [3.8, 4) is 0 Å². The van der Waals surface area contributed by atoms with Crippen molar-refractivity contribution in [1.29, 1.82) is 0 Å². The maximum absolute atomic E-state index is 13.4. The molecule has 0 bridgehead atoms. The molecule has 214 valence electrons. The lowest BCUT2D eigenvalue weighted by Gasteiger charge is -2.14. The van der Waals surface area contributed by atoms with Crippen LogP contribution in [0, 0.1) is 5.82 Å². The number of thioether (sulfide) groups is 1. The molecule has 2 amide bonds. The van der Waals surface area contributed by atoms with E-state index >= 15 is 0 Å². The molecule has 0 aliphatic carbocycles. The van der Waals surface area contributed by atoms with E-state index in [1.807, 2.05) is 17.8 Å². The molecule has 1 aliphatic heterocycles. The van der Waals surface area contributed by atoms with Gasteiger partial charge in [0.2, 0.25) is 5.95 Å². The number of hydrogen-bond donors (Lipinski definition) is 3. The highest BCUT2D eigenvalue weighted by Crippen LogP contribution is 2.21. The van der Waals surface area contributed by atoms with Crippen LogP contribution in [0.4, 0.5) is 34.0 Å². The van der Waals surface area contributed by atoms with Crippen molar-refractivity contribution in [3.05, 3.63) is 48.0 Å². The van der Waals surface area contributed by atoms with Crippen molar-refractivity contribution in [2.24, 2.45) is 5.73 Å². The molecule has 2 aromatic rings. The van der Waals surface area contributed by atoms with Crippen LogP contribution in [-0.4, -0.2) is 66.2 Å². The van der Waals surface area contributed by atoms with E-state index in [2.05, 4.69) is 19.5 Å². The molecular formula is C23H33F4N5O4S2. The molecule has 0 saturated carbocycles. The summed E-state index contributed by atoms with van der Waals surface area (Å²) in [6.45, 7) is 3.26. The number of halogens is 4. The van der Waals surface area contributed by atoms with Crippen LogP contribution in [-0.2, 0) is 8.92 Å². The Hall–Kier alpha value is -2.78. The van der Waals surface area contributed by atoms with E-state index in [1.165, 1.54) is 38.2 Å². The molecule has 1 aliphatic rings. The first-order valence-corrected chi connectivity index (χ1v) is 13.9. The number of rotatable bonds is 6. The number of aromatic nitrogens is 2. The Kier molecular flexibility index (Phi) is 18.7. The number of nitrogens with zero attached hydrogens (tertiary/aromatic N) is 2. The second kappa shape index (κ2) is 20.2. The van der Waals surface area contributed by atoms with Gasteiger partial charge >= 0.3 is 12.3 Å². The Labute approximate surface area is 228 Å². The van der Waals surface area contributed by atoms with Gasteiger partial charge < -0.3 is 25.3 Å². The number of anilines is 2. The zero-order chi connectivity index (χ0) is 29.0. The molecule has 15 heteroatoms. The summed E-state index contributed by atoms with van der Waals surface area (Å²) in [4.78, 5) is 29.3. The summed E-state index contributed by atoms with van der Waals surface area (Å²) in [7, 11) is 0. The second-order valence-corrected chi connectivity index (χ2v) is 8.70. The highest BCUT2D eigenvalue weighted by atomic mass is 32.2. The molecule has 0 unspecified atom stereocenters. The summed E-state index contributed by atoms with van der Waals surface area (Å²) in [5, 5.41) is 4.83. The lowest BCUT2D eigenvalue weighted by Crippen LogP contribution is -2.35. The Balaban J connectivity index is 0.000000572. The first-order valence-electron chi connectivity index (χ1n) is 11.1. The van der Waals surface area contributed by atoms with Crippen LogP contribution >= 0.6 is 23.8 Å². The third kappa shape index (κ3) is 18.5. The SMILES string of the molecule is C1CCOC1.CSC.CSOC(=O)N[C@@H](C)CC(F)(F)F.NC(=O)c1ccc(Nc2ncccn2)cc1F. The number of primary amides is 1. The highest BCUT2D eigenvalue weighted by Gasteiger charge is 2.30. The summed E-state index contributed by atoms with van der Waals surface area (Å²) in [6, 6.07) is 4.69. The fourth-order valence-electron chi connectivity index (χ4n) is 2.49. The Bertz CT molecular complexity index is 932. The molecule has 4 N–H and O–H groups in total. The fraction of sp³-hybridized carbons (Fsp3) is 0.478. The van der Waals surface area contributed by atoms with Crippen LogP contribution in [0.5, 0.6) is 0 Å². The molecule has 0 spiro atoms. The molecule has 1 aromatic heterocycles. The zero-order valence-electron chi connectivity index (χ0n) is 21.5. The van der Waals surface area contributed by atoms with Crippen molar-refractivity contribution >= 4 is 47.4 Å². The predicted molar refractivity (Wildman–Crippen MR) is 143 cm³/mol. The van der Waals surface area contributed by atoms with E-state index in [0.29, 0.717) is 11.6 Å². The molecule has 1 fully saturated rings. The minimum Gasteiger partial charge on any atom is -0.381 e. The smallest absolute Gasteiger partial charge is 0.381 e. The Morgan fingerprint density at radius 3 is 2.16 bits per heavy atom. The zero-order valence-corrected chi connectivity index (χ0v) is 23.1. The number of nitrogens with two attached hydrogens (primary N) is 1. The van der Waals surface area contributed by atoms with Gasteiger partial charge in [-0.25, -0.2) is 19.2 Å². The van der Waals surface area contributed by atoms with Crippen molar-refractivity contribution < 1.29 is 36.1 Å². The minimum atomic E-state index is -4.27. The number of hydrogen-bond acceptors (Lipinski definition) is 9. The second-order valence-electron chi connectivity index (χ2n) is 7.39. The van der Waals surface area contributed by atoms with Crippen LogP contribution in [0.25, 0.3) is 0 Å². The van der Waals surface area contributed by atoms with E-state index in [4.69, 9.17) is 10.5 Å². The molecule has 1 atom stereocenters. The molecule has 3 rings (SSSR count). The molecule has 2 heterocycles.